The Kier molecular flexibility index (Phi) is 7.80. The molecule has 176 valence electrons. The maximum absolute atomic E-state index is 13.6. The molecule has 1 aliphatic rings. The molecule has 0 saturated heterocycles. The lowest BCUT2D eigenvalue weighted by Crippen LogP contribution is -2.45. The van der Waals surface area contributed by atoms with Gasteiger partial charge in [-0.1, -0.05) is 34.1 Å². The molecule has 9 nitrogen and oxygen atoms in total. The molecular weight excluding hydrogens is 496 g/mol. The van der Waals surface area contributed by atoms with Gasteiger partial charge in [0.1, 0.15) is 5.92 Å². The van der Waals surface area contributed by atoms with Crippen LogP contribution >= 0.6 is 15.9 Å². The van der Waals surface area contributed by atoms with Gasteiger partial charge in [0.15, 0.2) is 11.5 Å². The maximum Gasteiger partial charge on any atom is 0.411 e. The predicted molar refractivity (Wildman–Crippen MR) is 125 cm³/mol. The van der Waals surface area contributed by atoms with Crippen molar-refractivity contribution < 1.29 is 33.7 Å². The van der Waals surface area contributed by atoms with Gasteiger partial charge in [-0.25, -0.2) is 4.79 Å². The molecule has 2 unspecified atom stereocenters. The lowest BCUT2D eigenvalue weighted by atomic mass is 9.79. The molecule has 2 aromatic rings. The fraction of sp³-hybridized carbons (Fsp3) is 0.348. The molecule has 0 radical (unpaired) electrons. The number of alkyl halides is 1. The van der Waals surface area contributed by atoms with Gasteiger partial charge in [0.25, 0.3) is 5.91 Å². The fourth-order valence-corrected chi connectivity index (χ4v) is 4.34. The van der Waals surface area contributed by atoms with Gasteiger partial charge in [0, 0.05) is 23.1 Å². The number of nitrogens with zero attached hydrogens (tertiary/aromatic N) is 1. The molecular formula is C23H25BrN2O7. The zero-order valence-electron chi connectivity index (χ0n) is 18.5. The van der Waals surface area contributed by atoms with Gasteiger partial charge in [0.05, 0.1) is 27.4 Å². The lowest BCUT2D eigenvalue weighted by Gasteiger charge is -2.41. The van der Waals surface area contributed by atoms with Crippen molar-refractivity contribution in [3.05, 3.63) is 53.1 Å². The van der Waals surface area contributed by atoms with E-state index in [1.54, 1.807) is 24.3 Å². The number of carboxylic acid groups (broad SMARTS) is 1. The van der Waals surface area contributed by atoms with Crippen molar-refractivity contribution in [2.24, 2.45) is 0 Å². The van der Waals surface area contributed by atoms with Crippen molar-refractivity contribution >= 4 is 39.6 Å². The van der Waals surface area contributed by atoms with Crippen LogP contribution in [0.1, 0.15) is 39.9 Å². The molecule has 1 aliphatic heterocycles. The summed E-state index contributed by atoms with van der Waals surface area (Å²) in [5.74, 6) is -1.90. The highest BCUT2D eigenvalue weighted by molar-refractivity contribution is 9.09. The molecule has 1 heterocycles. The van der Waals surface area contributed by atoms with Crippen LogP contribution in [-0.2, 0) is 9.53 Å². The summed E-state index contributed by atoms with van der Waals surface area (Å²) in [6.45, 7) is 0.304. The summed E-state index contributed by atoms with van der Waals surface area (Å²) in [6, 6.07) is 8.95. The minimum absolute atomic E-state index is 0.240. The Bertz CT molecular complexity index is 1060. The monoisotopic (exact) mass is 520 g/mol. The first-order valence-electron chi connectivity index (χ1n) is 10.2. The summed E-state index contributed by atoms with van der Waals surface area (Å²) in [5, 5.41) is 13.6. The summed E-state index contributed by atoms with van der Waals surface area (Å²) < 4.78 is 15.4. The SMILES string of the molecule is COC(=O)Nc1ccccc1C1C(C(=O)O)c2cc(OC)c(OC)cc2C(=O)N1CCCBr. The molecule has 3 rings (SSSR count). The van der Waals surface area contributed by atoms with Gasteiger partial charge in [-0.05, 0) is 35.7 Å². The molecule has 0 saturated carbocycles. The van der Waals surface area contributed by atoms with Gasteiger partial charge < -0.3 is 24.2 Å². The Labute approximate surface area is 199 Å². The number of nitrogens with one attached hydrogen (secondary N) is 1. The van der Waals surface area contributed by atoms with E-state index in [2.05, 4.69) is 21.2 Å². The molecule has 0 aliphatic carbocycles. The minimum Gasteiger partial charge on any atom is -0.493 e. The number of anilines is 1. The fourth-order valence-electron chi connectivity index (χ4n) is 4.08. The topological polar surface area (TPSA) is 114 Å². The molecule has 2 amide bonds. The second-order valence-electron chi connectivity index (χ2n) is 7.30. The standard InChI is InChI=1S/C23H25BrN2O7/c1-31-17-11-14-15(12-18(17)32-2)21(27)26(10-6-9-24)20(19(14)22(28)29)13-7-4-5-8-16(13)25-23(30)33-3/h4-5,7-8,11-12,19-20H,6,9-10H2,1-3H3,(H,25,30)(H,28,29). The summed E-state index contributed by atoms with van der Waals surface area (Å²) >= 11 is 3.38. The van der Waals surface area contributed by atoms with Gasteiger partial charge in [0.2, 0.25) is 0 Å². The third-order valence-electron chi connectivity index (χ3n) is 5.53. The van der Waals surface area contributed by atoms with Crippen LogP contribution in [0.5, 0.6) is 11.5 Å². The van der Waals surface area contributed by atoms with Crippen molar-refractivity contribution in [3.8, 4) is 11.5 Å². The Morgan fingerprint density at radius 2 is 1.76 bits per heavy atom. The number of ether oxygens (including phenoxy) is 3. The Balaban J connectivity index is 2.26. The number of para-hydroxylation sites is 1. The molecule has 2 N–H and O–H groups in total. The van der Waals surface area contributed by atoms with E-state index in [-0.39, 0.29) is 11.5 Å². The van der Waals surface area contributed by atoms with E-state index in [1.807, 2.05) is 0 Å². The smallest absolute Gasteiger partial charge is 0.411 e. The second-order valence-corrected chi connectivity index (χ2v) is 8.09. The van der Waals surface area contributed by atoms with Crippen LogP contribution in [0.4, 0.5) is 10.5 Å². The predicted octanol–water partition coefficient (Wildman–Crippen LogP) is 4.03. The van der Waals surface area contributed by atoms with Gasteiger partial charge in [-0.3, -0.25) is 14.9 Å². The molecule has 0 bridgehead atoms. The van der Waals surface area contributed by atoms with Crippen molar-refractivity contribution in [3.63, 3.8) is 0 Å². The van der Waals surface area contributed by atoms with E-state index in [4.69, 9.17) is 14.2 Å². The minimum atomic E-state index is -1.12. The number of carboxylic acids is 1. The van der Waals surface area contributed by atoms with Crippen LogP contribution in [0.25, 0.3) is 0 Å². The quantitative estimate of drug-likeness (QED) is 0.504. The normalized spacial score (nSPS) is 17.2. The van der Waals surface area contributed by atoms with E-state index < -0.39 is 24.0 Å². The van der Waals surface area contributed by atoms with Crippen LogP contribution in [0.2, 0.25) is 0 Å². The second kappa shape index (κ2) is 10.6. The number of halogens is 1. The zero-order valence-corrected chi connectivity index (χ0v) is 20.0. The van der Waals surface area contributed by atoms with E-state index in [0.29, 0.717) is 46.6 Å². The third kappa shape index (κ3) is 4.75. The average molecular weight is 521 g/mol. The molecule has 0 spiro atoms. The maximum atomic E-state index is 13.6. The largest absolute Gasteiger partial charge is 0.493 e. The average Bonchev–Trinajstić information content (AvgIpc) is 2.82. The number of methoxy groups -OCH3 is 3. The molecule has 0 fully saturated rings. The number of benzene rings is 2. The van der Waals surface area contributed by atoms with E-state index in [0.717, 1.165) is 0 Å². The van der Waals surface area contributed by atoms with E-state index in [9.17, 15) is 19.5 Å². The van der Waals surface area contributed by atoms with Crippen LogP contribution in [0, 0.1) is 0 Å². The van der Waals surface area contributed by atoms with Gasteiger partial charge >= 0.3 is 12.1 Å². The summed E-state index contributed by atoms with van der Waals surface area (Å²) in [6.07, 6.45) is -0.0978. The number of carbonyl (C=O) groups excluding carboxylic acids is 2. The summed E-state index contributed by atoms with van der Waals surface area (Å²) in [5.41, 5.74) is 1.40. The number of amides is 2. The van der Waals surface area contributed by atoms with Crippen LogP contribution in [0.15, 0.2) is 36.4 Å². The van der Waals surface area contributed by atoms with Crippen LogP contribution in [-0.4, -0.2) is 61.2 Å². The summed E-state index contributed by atoms with van der Waals surface area (Å²) in [4.78, 5) is 39.7. The third-order valence-corrected chi connectivity index (χ3v) is 6.09. The Morgan fingerprint density at radius 1 is 1.09 bits per heavy atom. The lowest BCUT2D eigenvalue weighted by molar-refractivity contribution is -0.140. The highest BCUT2D eigenvalue weighted by Crippen LogP contribution is 2.47. The van der Waals surface area contributed by atoms with Gasteiger partial charge in [-0.15, -0.1) is 0 Å². The number of hydrogen-bond acceptors (Lipinski definition) is 6. The zero-order chi connectivity index (χ0) is 24.1. The van der Waals surface area contributed by atoms with E-state index in [1.165, 1.54) is 38.4 Å². The van der Waals surface area contributed by atoms with Crippen molar-refractivity contribution in [1.29, 1.82) is 0 Å². The van der Waals surface area contributed by atoms with Crippen LogP contribution in [0.3, 0.4) is 0 Å². The molecule has 2 aromatic carbocycles. The Hall–Kier alpha value is -3.27. The number of fused-ring (bicyclic) bond motifs is 1. The van der Waals surface area contributed by atoms with Gasteiger partial charge in [-0.2, -0.15) is 0 Å². The number of rotatable bonds is 8. The van der Waals surface area contributed by atoms with Crippen molar-refractivity contribution in [1.82, 2.24) is 4.90 Å². The molecule has 0 aromatic heterocycles. The molecule has 10 heteroatoms. The summed E-state index contributed by atoms with van der Waals surface area (Å²) in [7, 11) is 4.13. The number of carbonyl (C=O) groups is 3. The highest BCUT2D eigenvalue weighted by Gasteiger charge is 2.45. The van der Waals surface area contributed by atoms with E-state index >= 15 is 0 Å². The van der Waals surface area contributed by atoms with Crippen molar-refractivity contribution in [2.75, 3.05) is 38.5 Å². The number of hydrogen-bond donors (Lipinski definition) is 2. The van der Waals surface area contributed by atoms with Crippen molar-refractivity contribution in [2.45, 2.75) is 18.4 Å². The highest BCUT2D eigenvalue weighted by atomic mass is 79.9. The first kappa shape index (κ1) is 24.4. The molecule has 33 heavy (non-hydrogen) atoms. The first-order chi connectivity index (χ1) is 15.9. The molecule has 2 atom stereocenters. The van der Waals surface area contributed by atoms with Crippen LogP contribution < -0.4 is 14.8 Å². The number of aliphatic carboxylic acids is 1. The first-order valence-corrected chi connectivity index (χ1v) is 11.3. The Morgan fingerprint density at radius 3 is 2.36 bits per heavy atom.